The van der Waals surface area contributed by atoms with Crippen LogP contribution < -0.4 is 4.90 Å². The summed E-state index contributed by atoms with van der Waals surface area (Å²) in [6, 6.07) is 11.2. The van der Waals surface area contributed by atoms with Crippen LogP contribution in [0.3, 0.4) is 0 Å². The fourth-order valence-corrected chi connectivity index (χ4v) is 3.37. The van der Waals surface area contributed by atoms with E-state index >= 15 is 0 Å². The van der Waals surface area contributed by atoms with E-state index in [1.807, 2.05) is 11.0 Å². The summed E-state index contributed by atoms with van der Waals surface area (Å²) >= 11 is 0. The van der Waals surface area contributed by atoms with Crippen molar-refractivity contribution in [2.24, 2.45) is 0 Å². The second kappa shape index (κ2) is 6.62. The number of nitrogens with zero attached hydrogens (tertiary/aromatic N) is 4. The topological polar surface area (TPSA) is 32.3 Å². The van der Waals surface area contributed by atoms with Crippen LogP contribution in [0.4, 0.5) is 10.2 Å². The summed E-state index contributed by atoms with van der Waals surface area (Å²) in [6.07, 6.45) is 2.94. The Balaban J connectivity index is 1.80. The van der Waals surface area contributed by atoms with Crippen molar-refractivity contribution in [2.75, 3.05) is 11.4 Å². The van der Waals surface area contributed by atoms with Gasteiger partial charge in [-0.1, -0.05) is 30.3 Å². The van der Waals surface area contributed by atoms with Crippen LogP contribution in [0.15, 0.2) is 42.7 Å². The Hall–Kier alpha value is -2.01. The van der Waals surface area contributed by atoms with E-state index in [9.17, 15) is 4.39 Å². The zero-order valence-electron chi connectivity index (χ0n) is 13.9. The van der Waals surface area contributed by atoms with Crippen LogP contribution in [0, 0.1) is 5.95 Å². The van der Waals surface area contributed by atoms with Crippen LogP contribution >= 0.6 is 0 Å². The molecule has 1 aromatic carbocycles. The Labute approximate surface area is 137 Å². The summed E-state index contributed by atoms with van der Waals surface area (Å²) in [5, 5.41) is 0. The first-order chi connectivity index (χ1) is 11.1. The molecule has 0 bridgehead atoms. The fourth-order valence-electron chi connectivity index (χ4n) is 3.37. The van der Waals surface area contributed by atoms with Gasteiger partial charge in [-0.2, -0.15) is 4.39 Å². The third-order valence-electron chi connectivity index (χ3n) is 4.86. The van der Waals surface area contributed by atoms with E-state index in [0.717, 1.165) is 13.1 Å². The maximum Gasteiger partial charge on any atom is 0.255 e. The van der Waals surface area contributed by atoms with Gasteiger partial charge in [-0.15, -0.1) is 0 Å². The number of benzene rings is 1. The number of hydrogen-bond donors (Lipinski definition) is 0. The quantitative estimate of drug-likeness (QED) is 0.871. The maximum absolute atomic E-state index is 14.0. The Kier molecular flexibility index (Phi) is 4.57. The van der Waals surface area contributed by atoms with Crippen molar-refractivity contribution in [1.82, 2.24) is 14.9 Å². The zero-order valence-corrected chi connectivity index (χ0v) is 13.9. The first-order valence-corrected chi connectivity index (χ1v) is 8.10. The average Bonchev–Trinajstić information content (AvgIpc) is 2.57. The van der Waals surface area contributed by atoms with Crippen LogP contribution in [0.2, 0.25) is 0 Å². The second-order valence-corrected chi connectivity index (χ2v) is 6.31. The minimum atomic E-state index is -0.491. The second-order valence-electron chi connectivity index (χ2n) is 6.31. The van der Waals surface area contributed by atoms with E-state index in [2.05, 4.69) is 59.9 Å². The van der Waals surface area contributed by atoms with Gasteiger partial charge in [0.1, 0.15) is 0 Å². The fraction of sp³-hybridized carbons (Fsp3) is 0.444. The van der Waals surface area contributed by atoms with Crippen molar-refractivity contribution in [1.29, 1.82) is 0 Å². The normalized spacial score (nSPS) is 25.6. The van der Waals surface area contributed by atoms with Crippen LogP contribution in [-0.4, -0.2) is 39.5 Å². The molecular weight excluding hydrogens is 291 g/mol. The maximum atomic E-state index is 14.0. The molecule has 0 N–H and O–H groups in total. The van der Waals surface area contributed by atoms with Crippen molar-refractivity contribution in [3.05, 3.63) is 54.2 Å². The van der Waals surface area contributed by atoms with Gasteiger partial charge in [0.15, 0.2) is 5.82 Å². The lowest BCUT2D eigenvalue weighted by atomic mass is 9.99. The summed E-state index contributed by atoms with van der Waals surface area (Å²) in [4.78, 5) is 12.5. The molecule has 3 unspecified atom stereocenters. The van der Waals surface area contributed by atoms with Crippen LogP contribution in [0.5, 0.6) is 0 Å². The van der Waals surface area contributed by atoms with Gasteiger partial charge >= 0.3 is 0 Å². The molecule has 0 saturated carbocycles. The van der Waals surface area contributed by atoms with Gasteiger partial charge in [0.05, 0.1) is 0 Å². The molecule has 1 aromatic heterocycles. The number of anilines is 1. The number of rotatable bonds is 3. The molecule has 1 aliphatic rings. The molecule has 5 heteroatoms. The van der Waals surface area contributed by atoms with Crippen molar-refractivity contribution in [3.63, 3.8) is 0 Å². The van der Waals surface area contributed by atoms with E-state index in [1.165, 1.54) is 11.8 Å². The number of halogens is 1. The molecule has 3 atom stereocenters. The van der Waals surface area contributed by atoms with Gasteiger partial charge in [-0.05, 0) is 26.3 Å². The first-order valence-electron chi connectivity index (χ1n) is 8.10. The summed E-state index contributed by atoms with van der Waals surface area (Å²) in [5.74, 6) is -0.131. The molecule has 0 spiro atoms. The van der Waals surface area contributed by atoms with Gasteiger partial charge < -0.3 is 4.90 Å². The van der Waals surface area contributed by atoms with Gasteiger partial charge in [-0.3, -0.25) is 4.90 Å². The third-order valence-corrected chi connectivity index (χ3v) is 4.86. The molecule has 0 amide bonds. The minimum absolute atomic E-state index is 0.168. The SMILES string of the molecule is CC1C(C)N(Cc2ccccc2)C(C)CN1c1nccnc1F. The summed E-state index contributed by atoms with van der Waals surface area (Å²) in [5.41, 5.74) is 1.30. The molecule has 1 aliphatic heterocycles. The van der Waals surface area contributed by atoms with Crippen molar-refractivity contribution in [3.8, 4) is 0 Å². The van der Waals surface area contributed by atoms with E-state index in [1.54, 1.807) is 6.20 Å². The number of piperazine rings is 1. The molecule has 3 rings (SSSR count). The predicted octanol–water partition coefficient (Wildman–Crippen LogP) is 3.10. The highest BCUT2D eigenvalue weighted by Gasteiger charge is 2.36. The Bertz CT molecular complexity index is 648. The zero-order chi connectivity index (χ0) is 16.4. The van der Waals surface area contributed by atoms with Crippen LogP contribution in [0.25, 0.3) is 0 Å². The van der Waals surface area contributed by atoms with Crippen molar-refractivity contribution < 1.29 is 4.39 Å². The van der Waals surface area contributed by atoms with Gasteiger partial charge in [0, 0.05) is 43.6 Å². The van der Waals surface area contributed by atoms with Crippen LogP contribution in [0.1, 0.15) is 26.3 Å². The van der Waals surface area contributed by atoms with E-state index < -0.39 is 5.95 Å². The van der Waals surface area contributed by atoms with Crippen molar-refractivity contribution >= 4 is 5.82 Å². The molecule has 1 fully saturated rings. The Morgan fingerprint density at radius 3 is 2.43 bits per heavy atom. The molecule has 0 radical (unpaired) electrons. The average molecular weight is 314 g/mol. The minimum Gasteiger partial charge on any atom is -0.347 e. The van der Waals surface area contributed by atoms with Gasteiger partial charge in [0.2, 0.25) is 0 Å². The Morgan fingerprint density at radius 2 is 1.74 bits per heavy atom. The summed E-state index contributed by atoms with van der Waals surface area (Å²) in [7, 11) is 0. The van der Waals surface area contributed by atoms with Gasteiger partial charge in [0.25, 0.3) is 5.95 Å². The lowest BCUT2D eigenvalue weighted by Crippen LogP contribution is -2.61. The van der Waals surface area contributed by atoms with Crippen LogP contribution in [-0.2, 0) is 6.54 Å². The highest BCUT2D eigenvalue weighted by atomic mass is 19.1. The van der Waals surface area contributed by atoms with E-state index in [-0.39, 0.29) is 6.04 Å². The molecule has 2 heterocycles. The highest BCUT2D eigenvalue weighted by molar-refractivity contribution is 5.40. The molecule has 122 valence electrons. The number of aromatic nitrogens is 2. The molecule has 1 saturated heterocycles. The largest absolute Gasteiger partial charge is 0.347 e. The predicted molar refractivity (Wildman–Crippen MR) is 89.7 cm³/mol. The lowest BCUT2D eigenvalue weighted by molar-refractivity contribution is 0.0965. The molecular formula is C18H23FN4. The van der Waals surface area contributed by atoms with E-state index in [4.69, 9.17) is 0 Å². The third kappa shape index (κ3) is 3.20. The monoisotopic (exact) mass is 314 g/mol. The molecule has 23 heavy (non-hydrogen) atoms. The standard InChI is InChI=1S/C18H23FN4/c1-13-11-23(18-17(19)20-9-10-21-18)15(3)14(2)22(13)12-16-7-5-4-6-8-16/h4-10,13-15H,11-12H2,1-3H3. The smallest absolute Gasteiger partial charge is 0.255 e. The van der Waals surface area contributed by atoms with Gasteiger partial charge in [-0.25, -0.2) is 9.97 Å². The summed E-state index contributed by atoms with van der Waals surface area (Å²) in [6.45, 7) is 8.16. The molecule has 0 aliphatic carbocycles. The summed E-state index contributed by atoms with van der Waals surface area (Å²) < 4.78 is 14.0. The Morgan fingerprint density at radius 1 is 1.04 bits per heavy atom. The number of hydrogen-bond acceptors (Lipinski definition) is 4. The molecule has 4 nitrogen and oxygen atoms in total. The molecule has 2 aromatic rings. The van der Waals surface area contributed by atoms with E-state index in [0.29, 0.717) is 17.9 Å². The first kappa shape index (κ1) is 15.9. The van der Waals surface area contributed by atoms with Crippen molar-refractivity contribution in [2.45, 2.75) is 45.4 Å². The lowest BCUT2D eigenvalue weighted by Gasteiger charge is -2.49. The highest BCUT2D eigenvalue weighted by Crippen LogP contribution is 2.28.